The molecule has 86 heavy (non-hydrogen) atoms. The van der Waals surface area contributed by atoms with Crippen molar-refractivity contribution in [3.8, 4) is 0 Å². The number of nitrogens with two attached hydrogens (primary N) is 6. The minimum Gasteiger partial charge on any atom is -0.550 e. The fourth-order valence-corrected chi connectivity index (χ4v) is 0.987. The van der Waals surface area contributed by atoms with Crippen LogP contribution in [-0.4, -0.2) is 297 Å². The van der Waals surface area contributed by atoms with Crippen molar-refractivity contribution in [1.82, 2.24) is 16.0 Å². The molecule has 15 N–H and O–H groups in total. The van der Waals surface area contributed by atoms with Gasteiger partial charge in [-0.1, -0.05) is 0 Å². The summed E-state index contributed by atoms with van der Waals surface area (Å²) in [4.78, 5) is 133. The van der Waals surface area contributed by atoms with Gasteiger partial charge in [0, 0.05) is 168 Å². The number of nitrogens with one attached hydrogen (secondary N) is 3. The average molecular weight is 1770 g/mol. The van der Waals surface area contributed by atoms with E-state index in [0.717, 1.165) is 143 Å². The predicted octanol–water partition coefficient (Wildman–Crippen LogP) is -25.1. The molecule has 0 atom stereocenters. The molecule has 0 bridgehead atoms. The third-order valence-corrected chi connectivity index (χ3v) is 1.93. The van der Waals surface area contributed by atoms with E-state index in [2.05, 4.69) is 16.0 Å². The van der Waals surface area contributed by atoms with Crippen LogP contribution < -0.4 is 127 Å². The van der Waals surface area contributed by atoms with Crippen molar-refractivity contribution in [1.29, 1.82) is 0 Å². The van der Waals surface area contributed by atoms with E-state index in [0.29, 0.717) is 39.3 Å². The number of carboxylic acids is 15. The Hall–Kier alpha value is -3.96. The Bertz CT molecular complexity index is 1040. The molecule has 0 aliphatic heterocycles. The summed E-state index contributed by atoms with van der Waals surface area (Å²) in [6, 6.07) is 0. The average Bonchev–Trinajstić information content (AvgIpc) is 3.16. The fourth-order valence-electron chi connectivity index (χ4n) is 0.987. The molecule has 44 heteroatoms. The van der Waals surface area contributed by atoms with Crippen LogP contribution in [0.25, 0.3) is 0 Å². The molecule has 0 saturated carbocycles. The summed E-state index contributed by atoms with van der Waals surface area (Å²) in [6.07, 6.45) is 0. The standard InChI is InChI=1S/3C4H13N3.15C2H4O2.5In/c3*5-1-3-7-4-2-6;15*1-2(3)4;;;;;/h3*7H,1-6H2;15*1H3,(H,3,4);;;;;/q;;;;;;;;;;;;;;;;;;5*+3/p-15. The van der Waals surface area contributed by atoms with Crippen molar-refractivity contribution in [3.63, 3.8) is 0 Å². The molecule has 0 fully saturated rings. The molecule has 0 saturated heterocycles. The van der Waals surface area contributed by atoms with E-state index >= 15 is 0 Å². The number of carboxylic acid groups (broad SMARTS) is 15. The van der Waals surface area contributed by atoms with E-state index in [1.54, 1.807) is 0 Å². The van der Waals surface area contributed by atoms with Gasteiger partial charge in [-0.05, 0) is 104 Å². The molecule has 0 heterocycles. The zero-order chi connectivity index (χ0) is 70.3. The quantitative estimate of drug-likeness (QED) is 0.0819. The topological polar surface area (TPSA) is 794 Å². The van der Waals surface area contributed by atoms with Crippen molar-refractivity contribution >= 4 is 219 Å². The largest absolute Gasteiger partial charge is 3.00 e. The van der Waals surface area contributed by atoms with Crippen molar-refractivity contribution in [2.24, 2.45) is 34.4 Å². The van der Waals surface area contributed by atoms with Gasteiger partial charge in [-0.15, -0.1) is 0 Å². The first-order valence-corrected chi connectivity index (χ1v) is 21.2. The molecule has 0 aliphatic rings. The van der Waals surface area contributed by atoms with Crippen molar-refractivity contribution in [2.45, 2.75) is 104 Å². The Morgan fingerprint density at radius 1 is 0.186 bits per heavy atom. The smallest absolute Gasteiger partial charge is 0.550 e. The van der Waals surface area contributed by atoms with Crippen LogP contribution in [-0.2, 0) is 71.9 Å². The van der Waals surface area contributed by atoms with E-state index in [1.807, 2.05) is 0 Å². The van der Waals surface area contributed by atoms with E-state index in [4.69, 9.17) is 183 Å². The van der Waals surface area contributed by atoms with Gasteiger partial charge in [0.1, 0.15) is 0 Å². The van der Waals surface area contributed by atoms with Crippen LogP contribution in [0.3, 0.4) is 0 Å². The summed E-state index contributed by atoms with van der Waals surface area (Å²) < 4.78 is 0. The molecule has 0 rings (SSSR count). The number of carbonyl (C=O) groups is 15. The summed E-state index contributed by atoms with van der Waals surface area (Å²) >= 11 is 0. The molecule has 0 amide bonds. The molecule has 39 nitrogen and oxygen atoms in total. The molecular weight excluding hydrogens is 1680 g/mol. The zero-order valence-corrected chi connectivity index (χ0v) is 67.6. The van der Waals surface area contributed by atoms with E-state index < -0.39 is 89.5 Å². The van der Waals surface area contributed by atoms with Crippen LogP contribution in [0.1, 0.15) is 104 Å². The van der Waals surface area contributed by atoms with Crippen LogP contribution in [0.5, 0.6) is 0 Å². The summed E-state index contributed by atoms with van der Waals surface area (Å²) in [5, 5.41) is 142. The molecule has 0 radical (unpaired) electrons. The Morgan fingerprint density at radius 3 is 0.244 bits per heavy atom. The van der Waals surface area contributed by atoms with E-state index in [9.17, 15) is 0 Å². The summed E-state index contributed by atoms with van der Waals surface area (Å²) in [7, 11) is 0. The van der Waals surface area contributed by atoms with Crippen LogP contribution in [0.2, 0.25) is 0 Å². The van der Waals surface area contributed by atoms with Gasteiger partial charge in [0.25, 0.3) is 0 Å². The fraction of sp³-hybridized carbons (Fsp3) is 0.643. The third-order valence-electron chi connectivity index (χ3n) is 1.93. The molecule has 0 aromatic rings. The Balaban J connectivity index is -0.0000000233. The Morgan fingerprint density at radius 2 is 0.221 bits per heavy atom. The van der Waals surface area contributed by atoms with E-state index in [-0.39, 0.29) is 129 Å². The molecule has 0 aromatic carbocycles. The predicted molar refractivity (Wildman–Crippen MR) is 282 cm³/mol. The number of rotatable bonds is 12. The number of hydrogen-bond acceptors (Lipinski definition) is 39. The summed E-state index contributed by atoms with van der Waals surface area (Å²) in [5.74, 6) is -16.3. The van der Waals surface area contributed by atoms with Gasteiger partial charge in [-0.25, -0.2) is 0 Å². The molecule has 0 aromatic heterocycles. The summed E-state index contributed by atoms with van der Waals surface area (Å²) in [6.45, 7) is 24.0. The van der Waals surface area contributed by atoms with Crippen molar-refractivity contribution in [3.05, 3.63) is 0 Å². The second-order valence-electron chi connectivity index (χ2n) is 11.4. The molecular formula is C42H84In5N9O30. The first kappa shape index (κ1) is 155. The third kappa shape index (κ3) is 7730. The number of aliphatic carboxylic acids is 15. The maximum absolute atomic E-state index is 8.89. The van der Waals surface area contributed by atoms with Gasteiger partial charge in [-0.2, -0.15) is 0 Å². The molecule has 0 aliphatic carbocycles. The minimum absolute atomic E-state index is 0. The van der Waals surface area contributed by atoms with Gasteiger partial charge in [-0.3, -0.25) is 0 Å². The number of hydrogen-bond donors (Lipinski definition) is 9. The van der Waals surface area contributed by atoms with Gasteiger partial charge in [0.15, 0.2) is 0 Å². The molecule has 0 unspecified atom stereocenters. The Labute approximate surface area is 594 Å². The summed E-state index contributed by atoms with van der Waals surface area (Å²) in [5.41, 5.74) is 31.0. The minimum atomic E-state index is -1.08. The van der Waals surface area contributed by atoms with Crippen LogP contribution in [0.4, 0.5) is 0 Å². The van der Waals surface area contributed by atoms with Crippen LogP contribution in [0.15, 0.2) is 0 Å². The zero-order valence-electron chi connectivity index (χ0n) is 51.1. The SMILES string of the molecule is CC(=O)[O-].CC(=O)[O-].CC(=O)[O-].CC(=O)[O-].CC(=O)[O-].CC(=O)[O-].CC(=O)[O-].CC(=O)[O-].CC(=O)[O-].CC(=O)[O-].CC(=O)[O-].CC(=O)[O-].CC(=O)[O-].CC(=O)[O-].CC(=O)[O-].NCCNCCN.NCCNCCN.NCCNCCN.[In+3].[In+3].[In+3].[In+3].[In+3]. The molecule has 0 spiro atoms. The van der Waals surface area contributed by atoms with Gasteiger partial charge < -0.3 is 199 Å². The first-order valence-electron chi connectivity index (χ1n) is 21.2. The van der Waals surface area contributed by atoms with Crippen molar-refractivity contribution < 1.29 is 149 Å². The van der Waals surface area contributed by atoms with Crippen LogP contribution in [0, 0.1) is 0 Å². The second kappa shape index (κ2) is 165. The van der Waals surface area contributed by atoms with Crippen LogP contribution >= 0.6 is 0 Å². The molecule has 492 valence electrons. The van der Waals surface area contributed by atoms with Gasteiger partial charge >= 0.3 is 129 Å². The number of carbonyl (C=O) groups excluding carboxylic acids is 15. The Kier molecular flexibility index (Phi) is 297. The van der Waals surface area contributed by atoms with Gasteiger partial charge in [0.2, 0.25) is 0 Å². The van der Waals surface area contributed by atoms with Crippen molar-refractivity contribution in [2.75, 3.05) is 78.5 Å². The van der Waals surface area contributed by atoms with Gasteiger partial charge in [0.05, 0.1) is 0 Å². The maximum atomic E-state index is 8.89. The maximum Gasteiger partial charge on any atom is 3.00 e. The van der Waals surface area contributed by atoms with E-state index in [1.165, 1.54) is 0 Å². The first-order chi connectivity index (χ1) is 36.2. The second-order valence-corrected chi connectivity index (χ2v) is 11.4. The normalized spacial score (nSPS) is 6.66. The monoisotopic (exact) mass is 1770 g/mol.